The molecule has 1 aliphatic rings. The second-order valence-electron chi connectivity index (χ2n) is 5.86. The fraction of sp³-hybridized carbons (Fsp3) is 0.625. The number of rotatable bonds is 4. The van der Waals surface area contributed by atoms with Crippen molar-refractivity contribution in [3.05, 3.63) is 29.3 Å². The lowest BCUT2D eigenvalue weighted by atomic mass is 9.81. The summed E-state index contributed by atoms with van der Waals surface area (Å²) in [5.41, 5.74) is 2.89. The molecule has 0 atom stereocenters. The molecule has 1 aromatic carbocycles. The van der Waals surface area contributed by atoms with E-state index < -0.39 is 0 Å². The molecule has 0 aromatic heterocycles. The molecule has 0 bridgehead atoms. The highest BCUT2D eigenvalue weighted by Gasteiger charge is 2.35. The molecule has 1 aliphatic heterocycles. The largest absolute Gasteiger partial charge is 0.496 e. The Kier molecular flexibility index (Phi) is 4.48. The summed E-state index contributed by atoms with van der Waals surface area (Å²) in [5, 5.41) is 3.46. The fourth-order valence-electron chi connectivity index (χ4n) is 3.07. The van der Waals surface area contributed by atoms with Gasteiger partial charge in [0.2, 0.25) is 0 Å². The van der Waals surface area contributed by atoms with Gasteiger partial charge in [-0.2, -0.15) is 0 Å². The maximum absolute atomic E-state index is 5.53. The first kappa shape index (κ1) is 14.4. The SMILES string of the molecule is COc1ccc(C)cc1CC1(N(C)C)CCNCC1. The van der Waals surface area contributed by atoms with Crippen LogP contribution in [0.3, 0.4) is 0 Å². The average molecular weight is 262 g/mol. The van der Waals surface area contributed by atoms with Crippen LogP contribution in [-0.4, -0.2) is 44.7 Å². The molecule has 19 heavy (non-hydrogen) atoms. The molecule has 0 aliphatic carbocycles. The third-order valence-corrected chi connectivity index (χ3v) is 4.44. The van der Waals surface area contributed by atoms with Gasteiger partial charge in [0, 0.05) is 5.54 Å². The van der Waals surface area contributed by atoms with Crippen molar-refractivity contribution in [1.29, 1.82) is 0 Å². The Balaban J connectivity index is 2.28. The molecule has 0 amide bonds. The van der Waals surface area contributed by atoms with Crippen LogP contribution in [0.1, 0.15) is 24.0 Å². The van der Waals surface area contributed by atoms with Gasteiger partial charge < -0.3 is 15.0 Å². The van der Waals surface area contributed by atoms with Crippen LogP contribution in [0.4, 0.5) is 0 Å². The monoisotopic (exact) mass is 262 g/mol. The van der Waals surface area contributed by atoms with E-state index in [4.69, 9.17) is 4.74 Å². The number of piperidine rings is 1. The van der Waals surface area contributed by atoms with E-state index in [1.807, 2.05) is 0 Å². The zero-order valence-electron chi connectivity index (χ0n) is 12.6. The lowest BCUT2D eigenvalue weighted by Gasteiger charge is -2.43. The Morgan fingerprint density at radius 1 is 1.26 bits per heavy atom. The minimum atomic E-state index is 0.256. The lowest BCUT2D eigenvalue weighted by molar-refractivity contribution is 0.107. The van der Waals surface area contributed by atoms with Crippen LogP contribution < -0.4 is 10.1 Å². The first-order chi connectivity index (χ1) is 9.07. The Morgan fingerprint density at radius 2 is 1.95 bits per heavy atom. The van der Waals surface area contributed by atoms with Crippen molar-refractivity contribution in [3.8, 4) is 5.75 Å². The van der Waals surface area contributed by atoms with E-state index in [9.17, 15) is 0 Å². The van der Waals surface area contributed by atoms with Crippen LogP contribution in [0.15, 0.2) is 18.2 Å². The summed E-state index contributed by atoms with van der Waals surface area (Å²) in [4.78, 5) is 2.40. The summed E-state index contributed by atoms with van der Waals surface area (Å²) in [5.74, 6) is 1.02. The summed E-state index contributed by atoms with van der Waals surface area (Å²) < 4.78 is 5.53. The van der Waals surface area contributed by atoms with Gasteiger partial charge in [-0.3, -0.25) is 0 Å². The molecule has 1 aromatic rings. The number of benzene rings is 1. The van der Waals surface area contributed by atoms with Gasteiger partial charge in [-0.25, -0.2) is 0 Å². The van der Waals surface area contributed by atoms with Crippen LogP contribution in [0, 0.1) is 6.92 Å². The van der Waals surface area contributed by atoms with Crippen molar-refractivity contribution >= 4 is 0 Å². The number of likely N-dealkylation sites (N-methyl/N-ethyl adjacent to an activating group) is 1. The Hall–Kier alpha value is -1.06. The fourth-order valence-corrected chi connectivity index (χ4v) is 3.07. The van der Waals surface area contributed by atoms with Gasteiger partial charge in [-0.1, -0.05) is 17.7 Å². The normalized spacial score (nSPS) is 18.6. The highest BCUT2D eigenvalue weighted by Crippen LogP contribution is 2.32. The Morgan fingerprint density at radius 3 is 2.53 bits per heavy atom. The number of nitrogens with one attached hydrogen (secondary N) is 1. The molecule has 0 saturated carbocycles. The van der Waals surface area contributed by atoms with Crippen LogP contribution in [-0.2, 0) is 6.42 Å². The van der Waals surface area contributed by atoms with Crippen LogP contribution in [0.5, 0.6) is 5.75 Å². The molecule has 3 heteroatoms. The van der Waals surface area contributed by atoms with E-state index in [2.05, 4.69) is 49.4 Å². The first-order valence-electron chi connectivity index (χ1n) is 7.09. The van der Waals surface area contributed by atoms with Crippen molar-refractivity contribution in [2.45, 2.75) is 31.7 Å². The van der Waals surface area contributed by atoms with Gasteiger partial charge in [0.1, 0.15) is 5.75 Å². The van der Waals surface area contributed by atoms with Gasteiger partial charge in [-0.15, -0.1) is 0 Å². The third-order valence-electron chi connectivity index (χ3n) is 4.44. The van der Waals surface area contributed by atoms with Gasteiger partial charge >= 0.3 is 0 Å². The van der Waals surface area contributed by atoms with Crippen LogP contribution >= 0.6 is 0 Å². The predicted octanol–water partition coefficient (Wildman–Crippen LogP) is 2.23. The summed E-state index contributed by atoms with van der Waals surface area (Å²) in [6.07, 6.45) is 3.45. The molecule has 0 spiro atoms. The average Bonchev–Trinajstić information content (AvgIpc) is 2.40. The summed E-state index contributed by atoms with van der Waals surface area (Å²) in [7, 11) is 6.17. The minimum absolute atomic E-state index is 0.256. The Labute approximate surface area is 116 Å². The van der Waals surface area contributed by atoms with E-state index in [0.29, 0.717) is 0 Å². The summed E-state index contributed by atoms with van der Waals surface area (Å²) in [6, 6.07) is 6.48. The summed E-state index contributed by atoms with van der Waals surface area (Å²) >= 11 is 0. The molecule has 2 rings (SSSR count). The van der Waals surface area contributed by atoms with E-state index in [1.165, 1.54) is 24.0 Å². The van der Waals surface area contributed by atoms with Crippen molar-refractivity contribution < 1.29 is 4.74 Å². The second-order valence-corrected chi connectivity index (χ2v) is 5.86. The molecule has 1 N–H and O–H groups in total. The lowest BCUT2D eigenvalue weighted by Crippen LogP contribution is -2.53. The number of nitrogens with zero attached hydrogens (tertiary/aromatic N) is 1. The van der Waals surface area contributed by atoms with Crippen molar-refractivity contribution in [2.75, 3.05) is 34.3 Å². The van der Waals surface area contributed by atoms with Crippen LogP contribution in [0.25, 0.3) is 0 Å². The smallest absolute Gasteiger partial charge is 0.122 e. The highest BCUT2D eigenvalue weighted by atomic mass is 16.5. The molecular weight excluding hydrogens is 236 g/mol. The van der Waals surface area contributed by atoms with Crippen molar-refractivity contribution in [3.63, 3.8) is 0 Å². The summed E-state index contributed by atoms with van der Waals surface area (Å²) in [6.45, 7) is 4.35. The highest BCUT2D eigenvalue weighted by molar-refractivity contribution is 5.38. The van der Waals surface area contributed by atoms with E-state index >= 15 is 0 Å². The quantitative estimate of drug-likeness (QED) is 0.900. The number of hydrogen-bond donors (Lipinski definition) is 1. The molecule has 1 saturated heterocycles. The molecule has 1 fully saturated rings. The topological polar surface area (TPSA) is 24.5 Å². The number of ether oxygens (including phenoxy) is 1. The minimum Gasteiger partial charge on any atom is -0.496 e. The number of hydrogen-bond acceptors (Lipinski definition) is 3. The van der Waals surface area contributed by atoms with Crippen molar-refractivity contribution in [1.82, 2.24) is 10.2 Å². The predicted molar refractivity (Wildman–Crippen MR) is 80.0 cm³/mol. The maximum atomic E-state index is 5.53. The number of aryl methyl sites for hydroxylation is 1. The Bertz CT molecular complexity index is 423. The van der Waals surface area contributed by atoms with Crippen molar-refractivity contribution in [2.24, 2.45) is 0 Å². The zero-order chi connectivity index (χ0) is 13.9. The molecule has 1 heterocycles. The van der Waals surface area contributed by atoms with Gasteiger partial charge in [0.05, 0.1) is 7.11 Å². The molecule has 0 radical (unpaired) electrons. The molecule has 3 nitrogen and oxygen atoms in total. The van der Waals surface area contributed by atoms with E-state index in [1.54, 1.807) is 7.11 Å². The molecule has 106 valence electrons. The standard InChI is InChI=1S/C16H26N2O/c1-13-5-6-15(19-4)14(11-13)12-16(18(2)3)7-9-17-10-8-16/h5-6,11,17H,7-10,12H2,1-4H3. The van der Waals surface area contributed by atoms with Gasteiger partial charge in [-0.05, 0) is 65.0 Å². The third kappa shape index (κ3) is 3.10. The maximum Gasteiger partial charge on any atom is 0.122 e. The second kappa shape index (κ2) is 5.93. The first-order valence-corrected chi connectivity index (χ1v) is 7.09. The molecular formula is C16H26N2O. The zero-order valence-corrected chi connectivity index (χ0v) is 12.6. The van der Waals surface area contributed by atoms with E-state index in [-0.39, 0.29) is 5.54 Å². The van der Waals surface area contributed by atoms with Crippen LogP contribution in [0.2, 0.25) is 0 Å². The van der Waals surface area contributed by atoms with Gasteiger partial charge in [0.15, 0.2) is 0 Å². The number of methoxy groups -OCH3 is 1. The van der Waals surface area contributed by atoms with E-state index in [0.717, 1.165) is 25.3 Å². The molecule has 0 unspecified atom stereocenters. The van der Waals surface area contributed by atoms with Gasteiger partial charge in [0.25, 0.3) is 0 Å².